The van der Waals surface area contributed by atoms with Crippen LogP contribution >= 0.6 is 15.6 Å². The van der Waals surface area contributed by atoms with Crippen molar-refractivity contribution in [3.05, 3.63) is 0 Å². The highest BCUT2D eigenvalue weighted by molar-refractivity contribution is 7.47. The van der Waals surface area contributed by atoms with E-state index in [1.54, 1.807) is 0 Å². The van der Waals surface area contributed by atoms with E-state index in [4.69, 9.17) is 37.0 Å². The maximum absolute atomic E-state index is 13.1. The van der Waals surface area contributed by atoms with Gasteiger partial charge >= 0.3 is 39.5 Å². The second-order valence-electron chi connectivity index (χ2n) is 32.1. The van der Waals surface area contributed by atoms with Gasteiger partial charge < -0.3 is 33.8 Å². The zero-order valence-electron chi connectivity index (χ0n) is 69.2. The molecule has 0 rings (SSSR count). The first kappa shape index (κ1) is 103. The third kappa shape index (κ3) is 78.5. The summed E-state index contributed by atoms with van der Waals surface area (Å²) in [6.45, 7) is 12.0. The van der Waals surface area contributed by atoms with Crippen LogP contribution in [0.4, 0.5) is 0 Å². The lowest BCUT2D eigenvalue weighted by Crippen LogP contribution is -2.30. The third-order valence-corrected chi connectivity index (χ3v) is 22.4. The van der Waals surface area contributed by atoms with E-state index < -0.39 is 97.5 Å². The van der Waals surface area contributed by atoms with Crippen LogP contribution < -0.4 is 0 Å². The number of aliphatic hydroxyl groups excluding tert-OH is 1. The smallest absolute Gasteiger partial charge is 0.462 e. The Morgan fingerprint density at radius 3 is 0.724 bits per heavy atom. The Labute approximate surface area is 645 Å². The fourth-order valence-corrected chi connectivity index (χ4v) is 14.9. The zero-order valence-corrected chi connectivity index (χ0v) is 71.0. The molecule has 0 amide bonds. The summed E-state index contributed by atoms with van der Waals surface area (Å²) >= 11 is 0. The fourth-order valence-electron chi connectivity index (χ4n) is 13.3. The molecule has 0 saturated heterocycles. The highest BCUT2D eigenvalue weighted by atomic mass is 31.2. The van der Waals surface area contributed by atoms with Crippen molar-refractivity contribution in [1.82, 2.24) is 0 Å². The number of ether oxygens (including phenoxy) is 4. The van der Waals surface area contributed by atoms with Crippen molar-refractivity contribution < 1.29 is 80.2 Å². The van der Waals surface area contributed by atoms with Crippen molar-refractivity contribution in [2.75, 3.05) is 39.6 Å². The summed E-state index contributed by atoms with van der Waals surface area (Å²) in [7, 11) is -9.92. The molecule has 624 valence electrons. The van der Waals surface area contributed by atoms with Crippen LogP contribution in [0.2, 0.25) is 0 Å². The average molecular weight is 1540 g/mol. The van der Waals surface area contributed by atoms with Crippen LogP contribution in [0.1, 0.15) is 453 Å². The first-order chi connectivity index (χ1) is 50.8. The zero-order chi connectivity index (χ0) is 77.2. The molecule has 105 heavy (non-hydrogen) atoms. The molecule has 0 spiro atoms. The van der Waals surface area contributed by atoms with Gasteiger partial charge in [0.1, 0.15) is 19.3 Å². The number of unbranched alkanes of at least 4 members (excludes halogenated alkanes) is 51. The molecule has 0 aliphatic heterocycles. The van der Waals surface area contributed by atoms with Gasteiger partial charge in [0, 0.05) is 25.7 Å². The normalized spacial score (nSPS) is 14.1. The van der Waals surface area contributed by atoms with Crippen LogP contribution in [-0.2, 0) is 65.4 Å². The molecule has 19 heteroatoms. The minimum atomic E-state index is -4.97. The molecule has 0 bridgehead atoms. The van der Waals surface area contributed by atoms with Gasteiger partial charge in [-0.1, -0.05) is 402 Å². The first-order valence-corrected chi connectivity index (χ1v) is 47.4. The highest BCUT2D eigenvalue weighted by Gasteiger charge is 2.30. The van der Waals surface area contributed by atoms with E-state index in [9.17, 15) is 43.2 Å². The first-order valence-electron chi connectivity index (χ1n) is 44.4. The van der Waals surface area contributed by atoms with Crippen LogP contribution in [-0.4, -0.2) is 96.7 Å². The van der Waals surface area contributed by atoms with Gasteiger partial charge in [0.15, 0.2) is 12.2 Å². The molecule has 0 fully saturated rings. The molecule has 0 heterocycles. The second kappa shape index (κ2) is 76.1. The van der Waals surface area contributed by atoms with Gasteiger partial charge in [-0.3, -0.25) is 37.3 Å². The lowest BCUT2D eigenvalue weighted by atomic mass is 9.99. The lowest BCUT2D eigenvalue weighted by molar-refractivity contribution is -0.161. The summed E-state index contributed by atoms with van der Waals surface area (Å²) in [6, 6.07) is 0. The van der Waals surface area contributed by atoms with E-state index in [-0.39, 0.29) is 25.7 Å². The molecule has 0 aliphatic carbocycles. The topological polar surface area (TPSA) is 237 Å². The number of hydrogen-bond donors (Lipinski definition) is 3. The number of rotatable bonds is 84. The quantitative estimate of drug-likeness (QED) is 0.0222. The summed E-state index contributed by atoms with van der Waals surface area (Å²) in [5, 5.41) is 10.7. The van der Waals surface area contributed by atoms with Gasteiger partial charge in [0.25, 0.3) is 0 Å². The van der Waals surface area contributed by atoms with E-state index in [0.717, 1.165) is 108 Å². The molecule has 0 saturated carbocycles. The van der Waals surface area contributed by atoms with Gasteiger partial charge in [-0.05, 0) is 43.4 Å². The van der Waals surface area contributed by atoms with Crippen LogP contribution in [0, 0.1) is 17.8 Å². The van der Waals surface area contributed by atoms with Crippen molar-refractivity contribution in [3.63, 3.8) is 0 Å². The molecule has 3 unspecified atom stereocenters. The number of phosphoric ester groups is 2. The minimum absolute atomic E-state index is 0.106. The summed E-state index contributed by atoms with van der Waals surface area (Å²) in [5.41, 5.74) is 0. The molecule has 3 N–H and O–H groups in total. The Bertz CT molecular complexity index is 2030. The minimum Gasteiger partial charge on any atom is -0.462 e. The highest BCUT2D eigenvalue weighted by Crippen LogP contribution is 2.45. The van der Waals surface area contributed by atoms with Crippen molar-refractivity contribution in [1.29, 1.82) is 0 Å². The van der Waals surface area contributed by atoms with Gasteiger partial charge in [0.2, 0.25) is 0 Å². The summed E-state index contributed by atoms with van der Waals surface area (Å²) in [6.07, 6.45) is 66.7. The Morgan fingerprint density at radius 2 is 0.486 bits per heavy atom. The lowest BCUT2D eigenvalue weighted by Gasteiger charge is -2.21. The van der Waals surface area contributed by atoms with E-state index in [1.165, 1.54) is 263 Å². The molecule has 6 atom stereocenters. The van der Waals surface area contributed by atoms with E-state index in [1.807, 2.05) is 0 Å². The Hall–Kier alpha value is -1.94. The number of aliphatic hydroxyl groups is 1. The van der Waals surface area contributed by atoms with Gasteiger partial charge in [-0.2, -0.15) is 0 Å². The number of carbonyl (C=O) groups is 4. The molecule has 17 nitrogen and oxygen atoms in total. The largest absolute Gasteiger partial charge is 0.472 e. The molecule has 0 aromatic carbocycles. The van der Waals surface area contributed by atoms with Crippen molar-refractivity contribution in [2.24, 2.45) is 17.8 Å². The van der Waals surface area contributed by atoms with Crippen LogP contribution in [0.25, 0.3) is 0 Å². The number of esters is 4. The van der Waals surface area contributed by atoms with Crippen LogP contribution in [0.3, 0.4) is 0 Å². The molecular formula is C86H168O17P2. The SMILES string of the molecule is CCCCCCCCCCCCC(=O)OC[C@H](COP(=O)(O)OC[C@H](O)COP(=O)(O)OC[C@@H](COC(=O)CCCCCCCCCCCCCCCCCCCCC(C)C)OC(=O)CCCCCCCCCCCCCCCCCCCCC(C)CC)OC(=O)CCCCCCCCCCCC(C)C. The molecule has 0 aliphatic rings. The third-order valence-electron chi connectivity index (χ3n) is 20.5. The summed E-state index contributed by atoms with van der Waals surface area (Å²) in [4.78, 5) is 73.1. The maximum Gasteiger partial charge on any atom is 0.472 e. The van der Waals surface area contributed by atoms with E-state index in [0.29, 0.717) is 25.7 Å². The fraction of sp³-hybridized carbons (Fsp3) is 0.953. The van der Waals surface area contributed by atoms with Gasteiger partial charge in [0.05, 0.1) is 26.4 Å². The number of carbonyl (C=O) groups excluding carboxylic acids is 4. The van der Waals surface area contributed by atoms with Gasteiger partial charge in [-0.15, -0.1) is 0 Å². The van der Waals surface area contributed by atoms with Crippen molar-refractivity contribution in [3.8, 4) is 0 Å². The average Bonchev–Trinajstić information content (AvgIpc) is 0.909. The van der Waals surface area contributed by atoms with Crippen molar-refractivity contribution >= 4 is 39.5 Å². The van der Waals surface area contributed by atoms with Crippen LogP contribution in [0.15, 0.2) is 0 Å². The van der Waals surface area contributed by atoms with E-state index in [2.05, 4.69) is 48.5 Å². The standard InChI is InChI=1S/C86H168O17P2/c1-8-10-11-12-13-14-39-46-53-60-67-83(88)96-73-82(103-86(91)70-63-56-49-42-35-37-44-51-58-65-78(5)6)76-101-105(94,95)99-72-80(87)71-98-104(92,93)100-75-81(74-97-84(89)68-61-54-47-40-33-29-25-21-17-15-19-23-27-31-36-43-50-57-64-77(3)4)102-85(90)69-62-55-48-41-34-30-26-22-18-16-20-24-28-32-38-45-52-59-66-79(7)9-2/h77-82,87H,8-76H2,1-7H3,(H,92,93)(H,94,95)/t79?,80-,81-,82-/m1/s1. The monoisotopic (exact) mass is 1540 g/mol. The number of hydrogen-bond acceptors (Lipinski definition) is 15. The molecule has 0 aromatic heterocycles. The van der Waals surface area contributed by atoms with Crippen LogP contribution in [0.5, 0.6) is 0 Å². The predicted molar refractivity (Wildman–Crippen MR) is 432 cm³/mol. The molecule has 0 aromatic rings. The second-order valence-corrected chi connectivity index (χ2v) is 35.0. The Morgan fingerprint density at radius 1 is 0.276 bits per heavy atom. The molecule has 0 radical (unpaired) electrons. The number of phosphoric acid groups is 2. The maximum atomic E-state index is 13.1. The Kier molecular flexibility index (Phi) is 74.7. The van der Waals surface area contributed by atoms with E-state index >= 15 is 0 Å². The van der Waals surface area contributed by atoms with Gasteiger partial charge in [-0.25, -0.2) is 9.13 Å². The van der Waals surface area contributed by atoms with Crippen molar-refractivity contribution in [2.45, 2.75) is 471 Å². The predicted octanol–water partition coefficient (Wildman–Crippen LogP) is 26.1. The Balaban J connectivity index is 5.19. The summed E-state index contributed by atoms with van der Waals surface area (Å²) < 4.78 is 68.8. The molecular weight excluding hydrogens is 1370 g/mol. The summed E-state index contributed by atoms with van der Waals surface area (Å²) in [5.74, 6) is 0.324.